The fraction of sp³-hybridized carbons (Fsp3) is 0.250. The Morgan fingerprint density at radius 2 is 1.44 bits per heavy atom. The highest BCUT2D eigenvalue weighted by Gasteiger charge is 2.44. The van der Waals surface area contributed by atoms with Gasteiger partial charge < -0.3 is 22.1 Å². The number of nitrogens with two attached hydrogens (primary N) is 2. The number of rotatable bonds is 7. The van der Waals surface area contributed by atoms with E-state index in [1.54, 1.807) is 12.1 Å². The molecule has 0 unspecified atom stereocenters. The van der Waals surface area contributed by atoms with Crippen LogP contribution in [0.25, 0.3) is 0 Å². The number of fused-ring (bicyclic) bond motifs is 2. The zero-order valence-electron chi connectivity index (χ0n) is 14.8. The van der Waals surface area contributed by atoms with E-state index in [1.807, 2.05) is 24.3 Å². The molecule has 0 bridgehead atoms. The Morgan fingerprint density at radius 3 is 1.81 bits per heavy atom. The summed E-state index contributed by atoms with van der Waals surface area (Å²) < 4.78 is 0. The molecule has 0 saturated carbocycles. The first-order valence-corrected chi connectivity index (χ1v) is 8.74. The standard InChI is InChI=1S/C20H22N4O3/c21-8-7-20(19(22)27)17-5-3-15(23-11-25)9-13(17)1-2-14-10-16(24-12-26)4-6-18(14)20/h3-6,9-12H,1-2,7-8,21H2,(H2,22,27)(H,23,25)(H,24,26). The summed E-state index contributed by atoms with van der Waals surface area (Å²) in [7, 11) is 0. The van der Waals surface area contributed by atoms with Gasteiger partial charge in [-0.3, -0.25) is 14.4 Å². The minimum Gasteiger partial charge on any atom is -0.369 e. The predicted octanol–water partition coefficient (Wildman–Crippen LogP) is 1.04. The fourth-order valence-corrected chi connectivity index (χ4v) is 4.04. The first-order valence-electron chi connectivity index (χ1n) is 8.74. The predicted molar refractivity (Wildman–Crippen MR) is 103 cm³/mol. The van der Waals surface area contributed by atoms with E-state index in [4.69, 9.17) is 11.5 Å². The fourth-order valence-electron chi connectivity index (χ4n) is 4.04. The van der Waals surface area contributed by atoms with Crippen LogP contribution in [-0.4, -0.2) is 25.3 Å². The molecule has 2 aromatic rings. The van der Waals surface area contributed by atoms with Crippen molar-refractivity contribution in [1.29, 1.82) is 0 Å². The van der Waals surface area contributed by atoms with Crippen LogP contribution in [0.15, 0.2) is 36.4 Å². The van der Waals surface area contributed by atoms with Gasteiger partial charge in [0, 0.05) is 11.4 Å². The van der Waals surface area contributed by atoms with Gasteiger partial charge in [-0.25, -0.2) is 0 Å². The molecule has 2 aromatic carbocycles. The van der Waals surface area contributed by atoms with Crippen LogP contribution >= 0.6 is 0 Å². The van der Waals surface area contributed by atoms with Gasteiger partial charge in [-0.1, -0.05) is 12.1 Å². The molecule has 0 spiro atoms. The van der Waals surface area contributed by atoms with Crippen molar-refractivity contribution in [2.75, 3.05) is 17.2 Å². The second-order valence-electron chi connectivity index (χ2n) is 6.58. The van der Waals surface area contributed by atoms with Crippen LogP contribution < -0.4 is 22.1 Å². The summed E-state index contributed by atoms with van der Waals surface area (Å²) in [5.41, 5.74) is 15.6. The molecule has 27 heavy (non-hydrogen) atoms. The minimum atomic E-state index is -1.06. The molecule has 0 radical (unpaired) electrons. The molecule has 0 saturated heterocycles. The second kappa shape index (κ2) is 7.59. The lowest BCUT2D eigenvalue weighted by molar-refractivity contribution is -0.122. The molecule has 1 aliphatic carbocycles. The summed E-state index contributed by atoms with van der Waals surface area (Å²) >= 11 is 0. The number of carbonyl (C=O) groups is 3. The van der Waals surface area contributed by atoms with Crippen molar-refractivity contribution in [3.8, 4) is 0 Å². The maximum absolute atomic E-state index is 12.8. The van der Waals surface area contributed by atoms with Crippen molar-refractivity contribution < 1.29 is 14.4 Å². The summed E-state index contributed by atoms with van der Waals surface area (Å²) in [4.78, 5) is 34.4. The zero-order chi connectivity index (χ0) is 19.4. The Hall–Kier alpha value is -3.19. The highest BCUT2D eigenvalue weighted by atomic mass is 16.1. The third-order valence-electron chi connectivity index (χ3n) is 5.18. The van der Waals surface area contributed by atoms with Crippen molar-refractivity contribution in [1.82, 2.24) is 0 Å². The number of nitrogens with one attached hydrogen (secondary N) is 2. The van der Waals surface area contributed by atoms with E-state index in [0.29, 0.717) is 43.5 Å². The molecule has 0 aliphatic heterocycles. The lowest BCUT2D eigenvalue weighted by atomic mass is 9.69. The van der Waals surface area contributed by atoms with Gasteiger partial charge in [0.25, 0.3) is 0 Å². The quantitative estimate of drug-likeness (QED) is 0.546. The first-order chi connectivity index (χ1) is 13.1. The maximum Gasteiger partial charge on any atom is 0.232 e. The van der Waals surface area contributed by atoms with Crippen LogP contribution in [0.1, 0.15) is 28.7 Å². The number of hydrogen-bond acceptors (Lipinski definition) is 4. The van der Waals surface area contributed by atoms with Crippen LogP contribution in [0.3, 0.4) is 0 Å². The molecule has 1 aliphatic rings. The summed E-state index contributed by atoms with van der Waals surface area (Å²) in [5.74, 6) is -0.468. The zero-order valence-corrected chi connectivity index (χ0v) is 14.8. The summed E-state index contributed by atoms with van der Waals surface area (Å²) in [6.45, 7) is 0.282. The first kappa shape index (κ1) is 18.6. The normalized spacial score (nSPS) is 14.3. The van der Waals surface area contributed by atoms with Crippen molar-refractivity contribution in [2.45, 2.75) is 24.7 Å². The second-order valence-corrected chi connectivity index (χ2v) is 6.58. The van der Waals surface area contributed by atoms with Crippen molar-refractivity contribution in [3.63, 3.8) is 0 Å². The molecule has 7 heteroatoms. The Morgan fingerprint density at radius 1 is 0.963 bits per heavy atom. The average molecular weight is 366 g/mol. The number of primary amides is 1. The van der Waals surface area contributed by atoms with Gasteiger partial charge >= 0.3 is 0 Å². The number of carbonyl (C=O) groups excluding carboxylic acids is 3. The van der Waals surface area contributed by atoms with E-state index in [2.05, 4.69) is 10.6 Å². The van der Waals surface area contributed by atoms with Gasteiger partial charge in [0.05, 0.1) is 0 Å². The minimum absolute atomic E-state index is 0.282. The van der Waals surface area contributed by atoms with Crippen molar-refractivity contribution in [3.05, 3.63) is 58.7 Å². The van der Waals surface area contributed by atoms with Crippen LogP contribution in [0.5, 0.6) is 0 Å². The Kier molecular flexibility index (Phi) is 5.23. The third-order valence-corrected chi connectivity index (χ3v) is 5.18. The highest BCUT2D eigenvalue weighted by Crippen LogP contribution is 2.43. The third kappa shape index (κ3) is 3.17. The molecule has 0 heterocycles. The number of aryl methyl sites for hydroxylation is 2. The molecule has 3 amide bonds. The Bertz CT molecular complexity index is 833. The van der Waals surface area contributed by atoms with E-state index in [1.165, 1.54) is 0 Å². The number of anilines is 2. The maximum atomic E-state index is 12.8. The summed E-state index contributed by atoms with van der Waals surface area (Å²) in [5, 5.41) is 5.29. The van der Waals surface area contributed by atoms with E-state index in [9.17, 15) is 14.4 Å². The molecule has 6 N–H and O–H groups in total. The van der Waals surface area contributed by atoms with Gasteiger partial charge in [-0.2, -0.15) is 0 Å². The average Bonchev–Trinajstić information content (AvgIpc) is 2.78. The monoisotopic (exact) mass is 366 g/mol. The van der Waals surface area contributed by atoms with Crippen LogP contribution in [0, 0.1) is 0 Å². The van der Waals surface area contributed by atoms with E-state index >= 15 is 0 Å². The highest BCUT2D eigenvalue weighted by molar-refractivity contribution is 5.92. The van der Waals surface area contributed by atoms with E-state index < -0.39 is 11.3 Å². The SMILES string of the molecule is NCCC1(C(N)=O)c2ccc(NC=O)cc2CCc2cc(NC=O)ccc21. The van der Waals surface area contributed by atoms with E-state index in [-0.39, 0.29) is 6.54 Å². The lowest BCUT2D eigenvalue weighted by Gasteiger charge is -2.33. The van der Waals surface area contributed by atoms with E-state index in [0.717, 1.165) is 22.3 Å². The van der Waals surface area contributed by atoms with Crippen molar-refractivity contribution in [2.24, 2.45) is 11.5 Å². The molecule has 0 fully saturated rings. The van der Waals surface area contributed by atoms with Gasteiger partial charge in [-0.15, -0.1) is 0 Å². The van der Waals surface area contributed by atoms with Gasteiger partial charge in [0.1, 0.15) is 5.41 Å². The Labute approximate surface area is 157 Å². The number of amides is 3. The molecular formula is C20H22N4O3. The molecular weight excluding hydrogens is 344 g/mol. The smallest absolute Gasteiger partial charge is 0.232 e. The van der Waals surface area contributed by atoms with Crippen molar-refractivity contribution >= 4 is 30.1 Å². The van der Waals surface area contributed by atoms with Gasteiger partial charge in [0.15, 0.2) is 0 Å². The van der Waals surface area contributed by atoms with Crippen LogP contribution in [-0.2, 0) is 32.6 Å². The topological polar surface area (TPSA) is 127 Å². The molecule has 140 valence electrons. The summed E-state index contributed by atoms with van der Waals surface area (Å²) in [6, 6.07) is 10.9. The largest absolute Gasteiger partial charge is 0.369 e. The van der Waals surface area contributed by atoms with Gasteiger partial charge in [-0.05, 0) is 72.3 Å². The molecule has 7 nitrogen and oxygen atoms in total. The van der Waals surface area contributed by atoms with Crippen LogP contribution in [0.4, 0.5) is 11.4 Å². The van der Waals surface area contributed by atoms with Crippen LogP contribution in [0.2, 0.25) is 0 Å². The number of hydrogen-bond donors (Lipinski definition) is 4. The lowest BCUT2D eigenvalue weighted by Crippen LogP contribution is -2.44. The molecule has 0 aromatic heterocycles. The molecule has 0 atom stereocenters. The summed E-state index contributed by atoms with van der Waals surface area (Å²) in [6.07, 6.45) is 2.93. The Balaban J connectivity index is 2.26. The number of benzene rings is 2. The molecule has 3 rings (SSSR count). The van der Waals surface area contributed by atoms with Gasteiger partial charge in [0.2, 0.25) is 18.7 Å².